The van der Waals surface area contributed by atoms with Crippen LogP contribution in [0.3, 0.4) is 0 Å². The lowest BCUT2D eigenvalue weighted by Crippen LogP contribution is -2.65. The summed E-state index contributed by atoms with van der Waals surface area (Å²) in [6.07, 6.45) is -8.68. The van der Waals surface area contributed by atoms with E-state index in [9.17, 15) is 34.8 Å². The monoisotopic (exact) mass is 930 g/mol. The molecule has 65 heavy (non-hydrogen) atoms. The molecule has 0 aromatic rings. The average molecular weight is 930 g/mol. The molecule has 5 rings (SSSR count). The molecule has 5 aliphatic rings. The lowest BCUT2D eigenvalue weighted by atomic mass is 9.79. The number of carbonyl (C=O) groups excluding carboxylic acids is 3. The third-order valence-corrected chi connectivity index (χ3v) is 14.9. The van der Waals surface area contributed by atoms with Gasteiger partial charge in [0.25, 0.3) is 0 Å². The van der Waals surface area contributed by atoms with E-state index in [1.807, 2.05) is 27.7 Å². The number of rotatable bonds is 13. The molecule has 5 heterocycles. The minimum absolute atomic E-state index is 0.0228. The molecule has 0 aromatic heterocycles. The number of aldehydes is 1. The van der Waals surface area contributed by atoms with Gasteiger partial charge in [0.05, 0.1) is 61.3 Å². The molecule has 23 atom stereocenters. The number of hydrogen-bond donors (Lipinski definition) is 4. The Bertz CT molecular complexity index is 1600. The number of ketones is 1. The van der Waals surface area contributed by atoms with Crippen LogP contribution in [0.1, 0.15) is 94.4 Å². The number of aliphatic hydroxyl groups is 4. The van der Waals surface area contributed by atoms with Gasteiger partial charge in [0.1, 0.15) is 48.5 Å². The molecule has 374 valence electrons. The van der Waals surface area contributed by atoms with Gasteiger partial charge in [0.15, 0.2) is 24.7 Å². The molecule has 0 amide bonds. The lowest BCUT2D eigenvalue weighted by molar-refractivity contribution is -0.338. The number of likely N-dealkylation sites (N-methyl/N-ethyl adjacent to an activating group) is 1. The Morgan fingerprint density at radius 1 is 0.862 bits per heavy atom. The number of methoxy groups -OCH3 is 2. The molecule has 4 N–H and O–H groups in total. The number of aliphatic hydroxyl groups excluding tert-OH is 3. The lowest BCUT2D eigenvalue weighted by Gasteiger charge is -2.50. The first-order valence-electron chi connectivity index (χ1n) is 23.4. The van der Waals surface area contributed by atoms with Crippen molar-refractivity contribution >= 4 is 18.0 Å². The van der Waals surface area contributed by atoms with Gasteiger partial charge in [-0.2, -0.15) is 0 Å². The molecular formula is C47H79NO17. The van der Waals surface area contributed by atoms with Crippen LogP contribution >= 0.6 is 0 Å². The van der Waals surface area contributed by atoms with E-state index < -0.39 is 139 Å². The summed E-state index contributed by atoms with van der Waals surface area (Å²) >= 11 is 0. The van der Waals surface area contributed by atoms with Gasteiger partial charge in [-0.25, -0.2) is 0 Å². The Labute approximate surface area is 384 Å². The van der Waals surface area contributed by atoms with Crippen LogP contribution in [-0.4, -0.2) is 188 Å². The highest BCUT2D eigenvalue weighted by molar-refractivity contribution is 5.91. The highest BCUT2D eigenvalue weighted by Crippen LogP contribution is 2.46. The topological polar surface area (TPSA) is 231 Å². The van der Waals surface area contributed by atoms with Crippen LogP contribution in [0.4, 0.5) is 0 Å². The predicted octanol–water partition coefficient (Wildman–Crippen LogP) is 2.32. The number of carbonyl (C=O) groups is 3. The van der Waals surface area contributed by atoms with Gasteiger partial charge in [0.2, 0.25) is 0 Å². The zero-order valence-corrected chi connectivity index (χ0v) is 40.6. The SMILES string of the molecule is CCC1OC(=O)C[C@@H](O)[C@H](C)[C@@H](O[C@@H]2OC(C)[C@H](O[C@H]3CC(C)(O)[C@@H](C)C(C)O3)C(N(C)C)C2O)[C@@H](CC=O)C[C@@H](C)C(=O)/C=C/[C@]2(C)O[C@H]2[C@@H]1CO[C@@H]1OC(C)[C@H](O)[C@H](OC)C1OC. The van der Waals surface area contributed by atoms with Crippen molar-refractivity contribution in [2.24, 2.45) is 29.6 Å². The summed E-state index contributed by atoms with van der Waals surface area (Å²) in [4.78, 5) is 41.9. The number of nitrogens with zero attached hydrogens (tertiary/aromatic N) is 1. The van der Waals surface area contributed by atoms with Crippen molar-refractivity contribution in [1.82, 2.24) is 4.90 Å². The number of esters is 1. The van der Waals surface area contributed by atoms with Gasteiger partial charge in [-0.1, -0.05) is 27.7 Å². The zero-order chi connectivity index (χ0) is 48.3. The van der Waals surface area contributed by atoms with Crippen molar-refractivity contribution in [1.29, 1.82) is 0 Å². The maximum absolute atomic E-state index is 13.9. The number of allylic oxidation sites excluding steroid dienone is 1. The Kier molecular flexibility index (Phi) is 18.8. The predicted molar refractivity (Wildman–Crippen MR) is 233 cm³/mol. The van der Waals surface area contributed by atoms with E-state index in [-0.39, 0.29) is 43.7 Å². The minimum Gasteiger partial charge on any atom is -0.462 e. The van der Waals surface area contributed by atoms with Crippen molar-refractivity contribution in [3.63, 3.8) is 0 Å². The molecule has 0 aliphatic carbocycles. The van der Waals surface area contributed by atoms with E-state index in [0.29, 0.717) is 6.42 Å². The molecule has 18 heteroatoms. The van der Waals surface area contributed by atoms with Crippen LogP contribution in [-0.2, 0) is 61.8 Å². The van der Waals surface area contributed by atoms with Crippen molar-refractivity contribution in [3.05, 3.63) is 12.2 Å². The second-order valence-corrected chi connectivity index (χ2v) is 19.9. The quantitative estimate of drug-likeness (QED) is 0.118. The molecule has 18 nitrogen and oxygen atoms in total. The molecule has 4 fully saturated rings. The number of epoxide rings is 1. The second-order valence-electron chi connectivity index (χ2n) is 19.9. The van der Waals surface area contributed by atoms with Crippen LogP contribution in [0.15, 0.2) is 12.2 Å². The van der Waals surface area contributed by atoms with E-state index in [2.05, 4.69) is 0 Å². The molecule has 0 bridgehead atoms. The summed E-state index contributed by atoms with van der Waals surface area (Å²) < 4.78 is 61.6. The van der Waals surface area contributed by atoms with Crippen LogP contribution in [0.25, 0.3) is 0 Å². The number of fused-ring (bicyclic) bond motifs is 1. The van der Waals surface area contributed by atoms with Crippen LogP contribution < -0.4 is 0 Å². The first-order valence-corrected chi connectivity index (χ1v) is 23.4. The van der Waals surface area contributed by atoms with E-state index in [1.165, 1.54) is 20.3 Å². The van der Waals surface area contributed by atoms with Crippen LogP contribution in [0.5, 0.6) is 0 Å². The maximum Gasteiger partial charge on any atom is 0.308 e. The molecule has 0 aromatic carbocycles. The summed E-state index contributed by atoms with van der Waals surface area (Å²) in [5.41, 5.74) is -1.98. The van der Waals surface area contributed by atoms with Gasteiger partial charge in [-0.3, -0.25) is 9.59 Å². The fourth-order valence-electron chi connectivity index (χ4n) is 10.3. The van der Waals surface area contributed by atoms with Gasteiger partial charge in [-0.15, -0.1) is 0 Å². The van der Waals surface area contributed by atoms with E-state index in [0.717, 1.165) is 6.29 Å². The van der Waals surface area contributed by atoms with Gasteiger partial charge in [0, 0.05) is 50.7 Å². The summed E-state index contributed by atoms with van der Waals surface area (Å²) in [7, 11) is 6.52. The smallest absolute Gasteiger partial charge is 0.308 e. The normalized spacial score (nSPS) is 48.6. The molecule has 0 saturated carbocycles. The van der Waals surface area contributed by atoms with E-state index in [1.54, 1.807) is 59.7 Å². The Morgan fingerprint density at radius 2 is 1.52 bits per heavy atom. The van der Waals surface area contributed by atoms with Crippen LogP contribution in [0, 0.1) is 29.6 Å². The average Bonchev–Trinajstić information content (AvgIpc) is 3.91. The van der Waals surface area contributed by atoms with Gasteiger partial charge < -0.3 is 77.5 Å². The molecule has 4 saturated heterocycles. The number of hydrogen-bond acceptors (Lipinski definition) is 18. The number of ether oxygens (including phenoxy) is 10. The van der Waals surface area contributed by atoms with Gasteiger partial charge in [-0.05, 0) is 79.6 Å². The fraction of sp³-hybridized carbons (Fsp3) is 0.894. The van der Waals surface area contributed by atoms with E-state index in [4.69, 9.17) is 47.4 Å². The molecule has 0 spiro atoms. The van der Waals surface area contributed by atoms with Crippen molar-refractivity contribution in [2.75, 3.05) is 34.9 Å². The van der Waals surface area contributed by atoms with E-state index >= 15 is 0 Å². The van der Waals surface area contributed by atoms with Crippen molar-refractivity contribution in [3.8, 4) is 0 Å². The summed E-state index contributed by atoms with van der Waals surface area (Å²) in [5, 5.41) is 45.7. The molecule has 8 unspecified atom stereocenters. The molecular weight excluding hydrogens is 851 g/mol. The minimum atomic E-state index is -1.35. The number of cyclic esters (lactones) is 1. The summed E-state index contributed by atoms with van der Waals surface area (Å²) in [6, 6.07) is -0.692. The highest BCUT2D eigenvalue weighted by atomic mass is 16.7. The highest BCUT2D eigenvalue weighted by Gasteiger charge is 2.58. The Balaban J connectivity index is 1.40. The first-order chi connectivity index (χ1) is 30.5. The third-order valence-electron chi connectivity index (χ3n) is 14.9. The summed E-state index contributed by atoms with van der Waals surface area (Å²) in [6.45, 7) is 16.2. The second kappa shape index (κ2) is 22.6. The Morgan fingerprint density at radius 3 is 2.12 bits per heavy atom. The Hall–Kier alpha value is -2.01. The maximum atomic E-state index is 13.9. The molecule has 0 radical (unpaired) electrons. The van der Waals surface area contributed by atoms with Crippen LogP contribution in [0.2, 0.25) is 0 Å². The fourth-order valence-corrected chi connectivity index (χ4v) is 10.3. The first kappa shape index (κ1) is 53.9. The molecule has 5 aliphatic heterocycles. The largest absolute Gasteiger partial charge is 0.462 e. The van der Waals surface area contributed by atoms with Crippen molar-refractivity contribution in [2.45, 2.75) is 204 Å². The van der Waals surface area contributed by atoms with Gasteiger partial charge >= 0.3 is 5.97 Å². The van der Waals surface area contributed by atoms with Crippen molar-refractivity contribution < 1.29 is 82.2 Å². The summed E-state index contributed by atoms with van der Waals surface area (Å²) in [5.74, 6) is -3.73. The zero-order valence-electron chi connectivity index (χ0n) is 40.6. The third kappa shape index (κ3) is 12.4. The standard InChI is InChI=1S/C47H79NO17/c1-14-33-30(22-58-45-42(57-13)41(56-12)37(53)27(6)60-45)43-47(9,65-43)17-15-31(50)23(2)19-29(16-18-49)39(24(3)32(51)20-34(52)62-33)64-44-38(54)36(48(10)11)40(28(7)61-44)63-35-21-46(8,55)25(4)26(5)59-35/h15,17-18,23-30,32-33,35-45,51,53-55H,14,16,19-22H2,1-13H3/b17-15+/t23-,24+,25+,26?,27?,28?,29+,30-,32-,33?,35+,36?,37+,38?,39-,40+,41+,42?,43+,44+,45-,46?,47+/m1/s1.